The second kappa shape index (κ2) is 5.95. The van der Waals surface area contributed by atoms with Crippen molar-refractivity contribution < 1.29 is 14.3 Å². The van der Waals surface area contributed by atoms with Gasteiger partial charge in [-0.3, -0.25) is 9.69 Å². The number of amides is 1. The van der Waals surface area contributed by atoms with E-state index in [4.69, 9.17) is 16.3 Å². The van der Waals surface area contributed by atoms with E-state index in [-0.39, 0.29) is 11.7 Å². The fraction of sp³-hybridized carbons (Fsp3) is 0.800. The van der Waals surface area contributed by atoms with Crippen molar-refractivity contribution in [2.45, 2.75) is 33.2 Å². The number of hydrogen-bond acceptors (Lipinski definition) is 3. The number of ketones is 1. The van der Waals surface area contributed by atoms with Gasteiger partial charge in [-0.2, -0.15) is 0 Å². The average molecular weight is 236 g/mol. The lowest BCUT2D eigenvalue weighted by Crippen LogP contribution is -2.53. The van der Waals surface area contributed by atoms with E-state index in [9.17, 15) is 9.59 Å². The third kappa shape index (κ3) is 3.38. The van der Waals surface area contributed by atoms with Crippen LogP contribution in [0.2, 0.25) is 0 Å². The molecule has 0 rings (SSSR count). The lowest BCUT2D eigenvalue weighted by molar-refractivity contribution is -0.126. The monoisotopic (exact) mass is 235 g/mol. The maximum atomic E-state index is 11.6. The van der Waals surface area contributed by atoms with Gasteiger partial charge in [-0.15, -0.1) is 11.6 Å². The molecule has 1 amide bonds. The smallest absolute Gasteiger partial charge is 0.410 e. The van der Waals surface area contributed by atoms with Crippen LogP contribution in [-0.2, 0) is 9.53 Å². The van der Waals surface area contributed by atoms with E-state index in [0.717, 1.165) is 0 Å². The third-order valence-electron chi connectivity index (χ3n) is 2.28. The van der Waals surface area contributed by atoms with Crippen LogP contribution < -0.4 is 0 Å². The molecule has 0 atom stereocenters. The van der Waals surface area contributed by atoms with E-state index in [1.807, 2.05) is 0 Å². The highest BCUT2D eigenvalue weighted by Crippen LogP contribution is 2.17. The van der Waals surface area contributed by atoms with Crippen LogP contribution in [-0.4, -0.2) is 41.3 Å². The minimum atomic E-state index is -0.914. The van der Waals surface area contributed by atoms with Crippen LogP contribution >= 0.6 is 11.6 Å². The molecule has 0 saturated heterocycles. The highest BCUT2D eigenvalue weighted by Gasteiger charge is 2.36. The Morgan fingerprint density at radius 1 is 1.33 bits per heavy atom. The zero-order valence-electron chi connectivity index (χ0n) is 9.67. The predicted molar refractivity (Wildman–Crippen MR) is 59.2 cm³/mol. The number of ether oxygens (including phenoxy) is 1. The molecule has 5 heteroatoms. The summed E-state index contributed by atoms with van der Waals surface area (Å²) in [6, 6.07) is 0. The summed E-state index contributed by atoms with van der Waals surface area (Å²) in [6.07, 6.45) is -0.483. The van der Waals surface area contributed by atoms with Crippen molar-refractivity contribution in [3.05, 3.63) is 0 Å². The van der Waals surface area contributed by atoms with Crippen molar-refractivity contribution >= 4 is 23.5 Å². The van der Waals surface area contributed by atoms with Gasteiger partial charge in [0.1, 0.15) is 5.54 Å². The number of Topliss-reactive ketones (excluding diaryl/α,β-unsaturated/α-hetero) is 1. The molecule has 15 heavy (non-hydrogen) atoms. The first-order chi connectivity index (χ1) is 6.91. The molecule has 0 aliphatic heterocycles. The number of carbonyl (C=O) groups excluding carboxylic acids is 2. The van der Waals surface area contributed by atoms with Crippen LogP contribution in [0.5, 0.6) is 0 Å². The minimum Gasteiger partial charge on any atom is -0.450 e. The second-order valence-corrected chi connectivity index (χ2v) is 3.83. The first-order valence-corrected chi connectivity index (χ1v) is 5.48. The second-order valence-electron chi connectivity index (χ2n) is 3.56. The van der Waals surface area contributed by atoms with E-state index >= 15 is 0 Å². The largest absolute Gasteiger partial charge is 0.450 e. The molecule has 0 heterocycles. The van der Waals surface area contributed by atoms with Gasteiger partial charge in [-0.1, -0.05) is 0 Å². The summed E-state index contributed by atoms with van der Waals surface area (Å²) in [5, 5.41) is 0. The van der Waals surface area contributed by atoms with E-state index in [0.29, 0.717) is 13.2 Å². The highest BCUT2D eigenvalue weighted by molar-refractivity contribution is 6.29. The molecule has 0 fully saturated rings. The first kappa shape index (κ1) is 14.2. The van der Waals surface area contributed by atoms with E-state index in [1.165, 1.54) is 4.90 Å². The molecule has 0 spiro atoms. The molecule has 88 valence electrons. The van der Waals surface area contributed by atoms with Gasteiger partial charge in [-0.05, 0) is 27.7 Å². The Morgan fingerprint density at radius 3 is 2.20 bits per heavy atom. The van der Waals surface area contributed by atoms with Crippen LogP contribution in [0.25, 0.3) is 0 Å². The summed E-state index contributed by atoms with van der Waals surface area (Å²) in [5.41, 5.74) is -0.914. The number of alkyl halides is 1. The third-order valence-corrected chi connectivity index (χ3v) is 2.53. The quantitative estimate of drug-likeness (QED) is 0.686. The first-order valence-electron chi connectivity index (χ1n) is 4.95. The van der Waals surface area contributed by atoms with E-state index < -0.39 is 11.6 Å². The summed E-state index contributed by atoms with van der Waals surface area (Å²) in [5.74, 6) is -0.304. The van der Waals surface area contributed by atoms with Crippen molar-refractivity contribution in [1.82, 2.24) is 4.90 Å². The van der Waals surface area contributed by atoms with Gasteiger partial charge in [0.05, 0.1) is 12.5 Å². The lowest BCUT2D eigenvalue weighted by Gasteiger charge is -2.35. The Balaban J connectivity index is 4.79. The van der Waals surface area contributed by atoms with Gasteiger partial charge < -0.3 is 4.74 Å². The Hall–Kier alpha value is -0.770. The average Bonchev–Trinajstić information content (AvgIpc) is 2.17. The standard InChI is InChI=1S/C10H18ClNO3/c1-5-12(9(14)15-6-2)10(3,4)8(13)7-11/h5-7H2,1-4H3. The molecular formula is C10H18ClNO3. The molecule has 0 bridgehead atoms. The highest BCUT2D eigenvalue weighted by atomic mass is 35.5. The number of likely N-dealkylation sites (N-methyl/N-ethyl adjacent to an activating group) is 1. The van der Waals surface area contributed by atoms with Crippen molar-refractivity contribution in [2.24, 2.45) is 0 Å². The molecule has 0 aliphatic rings. The Bertz CT molecular complexity index is 241. The van der Waals surface area contributed by atoms with Gasteiger partial charge >= 0.3 is 6.09 Å². The number of carbonyl (C=O) groups is 2. The van der Waals surface area contributed by atoms with Gasteiger partial charge in [0, 0.05) is 6.54 Å². The molecule has 0 aliphatic carbocycles. The molecule has 0 aromatic heterocycles. The van der Waals surface area contributed by atoms with Crippen LogP contribution in [0.15, 0.2) is 0 Å². The Morgan fingerprint density at radius 2 is 1.87 bits per heavy atom. The Kier molecular flexibility index (Phi) is 5.65. The van der Waals surface area contributed by atoms with Crippen LogP contribution in [0.1, 0.15) is 27.7 Å². The fourth-order valence-corrected chi connectivity index (χ4v) is 1.60. The number of hydrogen-bond donors (Lipinski definition) is 0. The predicted octanol–water partition coefficient (Wildman–Crippen LogP) is 2.05. The SMILES string of the molecule is CCOC(=O)N(CC)C(C)(C)C(=O)CCl. The molecule has 0 N–H and O–H groups in total. The van der Waals surface area contributed by atoms with Crippen LogP contribution in [0.3, 0.4) is 0 Å². The molecule has 0 unspecified atom stereocenters. The van der Waals surface area contributed by atoms with Gasteiger partial charge in [0.2, 0.25) is 0 Å². The fourth-order valence-electron chi connectivity index (χ4n) is 1.27. The van der Waals surface area contributed by atoms with Crippen LogP contribution in [0.4, 0.5) is 4.79 Å². The van der Waals surface area contributed by atoms with Crippen molar-refractivity contribution in [1.29, 1.82) is 0 Å². The minimum absolute atomic E-state index is 0.108. The number of halogens is 1. The maximum Gasteiger partial charge on any atom is 0.410 e. The van der Waals surface area contributed by atoms with Crippen LogP contribution in [0, 0.1) is 0 Å². The molecular weight excluding hydrogens is 218 g/mol. The van der Waals surface area contributed by atoms with E-state index in [2.05, 4.69) is 0 Å². The summed E-state index contributed by atoms with van der Waals surface area (Å²) < 4.78 is 4.87. The lowest BCUT2D eigenvalue weighted by atomic mass is 9.98. The summed E-state index contributed by atoms with van der Waals surface area (Å²) in [7, 11) is 0. The molecule has 0 radical (unpaired) electrons. The van der Waals surface area contributed by atoms with Crippen molar-refractivity contribution in [3.8, 4) is 0 Å². The summed E-state index contributed by atoms with van der Waals surface area (Å²) >= 11 is 5.49. The molecule has 0 saturated carbocycles. The molecule has 0 aromatic rings. The zero-order chi connectivity index (χ0) is 12.1. The Labute approximate surface area is 95.5 Å². The molecule has 4 nitrogen and oxygen atoms in total. The number of rotatable bonds is 5. The van der Waals surface area contributed by atoms with E-state index in [1.54, 1.807) is 27.7 Å². The van der Waals surface area contributed by atoms with Crippen molar-refractivity contribution in [3.63, 3.8) is 0 Å². The molecule has 0 aromatic carbocycles. The van der Waals surface area contributed by atoms with Gasteiger partial charge in [-0.25, -0.2) is 4.79 Å². The summed E-state index contributed by atoms with van der Waals surface area (Å²) in [4.78, 5) is 24.5. The summed E-state index contributed by atoms with van der Waals surface area (Å²) in [6.45, 7) is 7.55. The topological polar surface area (TPSA) is 46.6 Å². The van der Waals surface area contributed by atoms with Gasteiger partial charge in [0.15, 0.2) is 5.78 Å². The number of nitrogens with zero attached hydrogens (tertiary/aromatic N) is 1. The van der Waals surface area contributed by atoms with Gasteiger partial charge in [0.25, 0.3) is 0 Å². The zero-order valence-corrected chi connectivity index (χ0v) is 10.4. The maximum absolute atomic E-state index is 11.6. The normalized spacial score (nSPS) is 11.0. The van der Waals surface area contributed by atoms with Crippen molar-refractivity contribution in [2.75, 3.05) is 19.0 Å².